The average molecular weight is 632 g/mol. The van der Waals surface area contributed by atoms with Crippen LogP contribution in [-0.4, -0.2) is 24.3 Å². The van der Waals surface area contributed by atoms with Crippen molar-refractivity contribution in [1.29, 1.82) is 0 Å². The van der Waals surface area contributed by atoms with Gasteiger partial charge in [0.05, 0.1) is 0 Å². The van der Waals surface area contributed by atoms with Crippen molar-refractivity contribution >= 4 is 59.0 Å². The lowest BCUT2D eigenvalue weighted by molar-refractivity contribution is 1.08. The SMILES string of the molecule is c1ccc(-c2nc(-c3ccccc3)nc(-c3c4ccccc4c(-c4ccc5nc6c7ccccc7sc6n5c4)c4ccccc34)n2)cc1. The molecule has 5 nitrogen and oxygen atoms in total. The Labute approximate surface area is 279 Å². The van der Waals surface area contributed by atoms with Gasteiger partial charge < -0.3 is 0 Å². The number of rotatable bonds is 4. The minimum atomic E-state index is 0.648. The van der Waals surface area contributed by atoms with Crippen LogP contribution in [0.3, 0.4) is 0 Å². The van der Waals surface area contributed by atoms with Crippen LogP contribution >= 0.6 is 11.3 Å². The molecule has 0 radical (unpaired) electrons. The Hall–Kier alpha value is -6.24. The van der Waals surface area contributed by atoms with Gasteiger partial charge in [0, 0.05) is 33.0 Å². The Morgan fingerprint density at radius 3 is 1.50 bits per heavy atom. The van der Waals surface area contributed by atoms with E-state index in [0.717, 1.165) is 59.8 Å². The first-order valence-corrected chi connectivity index (χ1v) is 16.7. The standard InChI is InChI=1S/C42H25N5S/c1-3-13-26(14-4-1)39-44-40(27-15-5-2-6-16-27)46-41(45-39)37-31-19-9-7-17-29(31)36(30-18-8-10-20-32(30)37)28-23-24-35-43-38-33-21-11-12-22-34(33)48-42(38)47(35)25-28/h1-25H. The van der Waals surface area contributed by atoms with Crippen LogP contribution in [0.5, 0.6) is 0 Å². The van der Waals surface area contributed by atoms with Crippen molar-refractivity contribution < 1.29 is 0 Å². The number of imidazole rings is 1. The summed E-state index contributed by atoms with van der Waals surface area (Å²) >= 11 is 1.79. The summed E-state index contributed by atoms with van der Waals surface area (Å²) in [7, 11) is 0. The van der Waals surface area contributed by atoms with Gasteiger partial charge >= 0.3 is 0 Å². The molecule has 4 heterocycles. The molecule has 0 aliphatic carbocycles. The Kier molecular flexibility index (Phi) is 5.98. The molecule has 0 fully saturated rings. The minimum Gasteiger partial charge on any atom is -0.290 e. The van der Waals surface area contributed by atoms with Gasteiger partial charge in [-0.15, -0.1) is 11.3 Å². The molecule has 0 amide bonds. The number of aromatic nitrogens is 5. The van der Waals surface area contributed by atoms with E-state index in [-0.39, 0.29) is 0 Å². The van der Waals surface area contributed by atoms with Crippen LogP contribution in [0.2, 0.25) is 0 Å². The molecule has 0 N–H and O–H groups in total. The second-order valence-electron chi connectivity index (χ2n) is 11.9. The van der Waals surface area contributed by atoms with Gasteiger partial charge in [0.2, 0.25) is 0 Å². The zero-order valence-corrected chi connectivity index (χ0v) is 26.4. The number of pyridine rings is 1. The van der Waals surface area contributed by atoms with Crippen molar-refractivity contribution in [2.45, 2.75) is 0 Å². The van der Waals surface area contributed by atoms with Crippen molar-refractivity contribution in [3.8, 4) is 45.3 Å². The maximum Gasteiger partial charge on any atom is 0.165 e. The van der Waals surface area contributed by atoms with Crippen molar-refractivity contribution in [2.75, 3.05) is 0 Å². The van der Waals surface area contributed by atoms with E-state index >= 15 is 0 Å². The zero-order valence-electron chi connectivity index (χ0n) is 25.6. The molecule has 6 heteroatoms. The van der Waals surface area contributed by atoms with E-state index in [2.05, 4.69) is 95.5 Å². The van der Waals surface area contributed by atoms with Gasteiger partial charge in [0.25, 0.3) is 0 Å². The molecule has 10 rings (SSSR count). The van der Waals surface area contributed by atoms with E-state index in [9.17, 15) is 0 Å². The summed E-state index contributed by atoms with van der Waals surface area (Å²) in [4.78, 5) is 21.5. The summed E-state index contributed by atoms with van der Waals surface area (Å²) in [6.07, 6.45) is 2.25. The van der Waals surface area contributed by atoms with Crippen molar-refractivity contribution in [1.82, 2.24) is 24.3 Å². The van der Waals surface area contributed by atoms with Gasteiger partial charge in [-0.25, -0.2) is 19.9 Å². The second-order valence-corrected chi connectivity index (χ2v) is 12.9. The Balaban J connectivity index is 1.27. The minimum absolute atomic E-state index is 0.648. The molecule has 6 aromatic carbocycles. The number of fused-ring (bicyclic) bond motifs is 7. The molecule has 0 spiro atoms. The number of hydrogen-bond acceptors (Lipinski definition) is 5. The first-order valence-electron chi connectivity index (χ1n) is 15.9. The average Bonchev–Trinajstić information content (AvgIpc) is 3.70. The Bertz CT molecular complexity index is 2720. The van der Waals surface area contributed by atoms with Crippen LogP contribution < -0.4 is 0 Å². The number of benzene rings is 6. The highest BCUT2D eigenvalue weighted by Crippen LogP contribution is 2.44. The quantitative estimate of drug-likeness (QED) is 0.181. The molecule has 0 aliphatic heterocycles. The van der Waals surface area contributed by atoms with Crippen LogP contribution in [-0.2, 0) is 0 Å². The van der Waals surface area contributed by atoms with Gasteiger partial charge in [-0.1, -0.05) is 127 Å². The van der Waals surface area contributed by atoms with Crippen LogP contribution in [0.1, 0.15) is 0 Å². The lowest BCUT2D eigenvalue weighted by Crippen LogP contribution is -2.01. The van der Waals surface area contributed by atoms with Crippen molar-refractivity contribution in [3.63, 3.8) is 0 Å². The molecule has 0 bridgehead atoms. The van der Waals surface area contributed by atoms with E-state index < -0.39 is 0 Å². The van der Waals surface area contributed by atoms with Gasteiger partial charge in [-0.2, -0.15) is 0 Å². The summed E-state index contributed by atoms with van der Waals surface area (Å²) in [5, 5.41) is 5.66. The molecule has 224 valence electrons. The largest absolute Gasteiger partial charge is 0.290 e. The fraction of sp³-hybridized carbons (Fsp3) is 0. The first-order chi connectivity index (χ1) is 23.8. The molecular formula is C42H25N5S. The summed E-state index contributed by atoms with van der Waals surface area (Å²) in [6.45, 7) is 0. The fourth-order valence-corrected chi connectivity index (χ4v) is 8.03. The summed E-state index contributed by atoms with van der Waals surface area (Å²) in [5.74, 6) is 1.95. The number of thiophene rings is 1. The fourth-order valence-electron chi connectivity index (χ4n) is 6.90. The third-order valence-corrected chi connectivity index (χ3v) is 10.2. The molecule has 10 aromatic rings. The molecule has 0 unspecified atom stereocenters. The van der Waals surface area contributed by atoms with Crippen LogP contribution in [0, 0.1) is 0 Å². The van der Waals surface area contributed by atoms with Crippen molar-refractivity contribution in [3.05, 3.63) is 152 Å². The van der Waals surface area contributed by atoms with Gasteiger partial charge in [0.1, 0.15) is 16.0 Å². The first kappa shape index (κ1) is 26.9. The zero-order chi connectivity index (χ0) is 31.6. The van der Waals surface area contributed by atoms with Crippen LogP contribution in [0.4, 0.5) is 0 Å². The summed E-state index contributed by atoms with van der Waals surface area (Å²) in [6, 6.07) is 50.4. The highest BCUT2D eigenvalue weighted by Gasteiger charge is 2.21. The smallest absolute Gasteiger partial charge is 0.165 e. The number of hydrogen-bond donors (Lipinski definition) is 0. The third kappa shape index (κ3) is 4.16. The van der Waals surface area contributed by atoms with E-state index in [1.807, 2.05) is 60.7 Å². The highest BCUT2D eigenvalue weighted by atomic mass is 32.1. The molecule has 0 saturated carbocycles. The maximum atomic E-state index is 5.16. The molecule has 48 heavy (non-hydrogen) atoms. The van der Waals surface area contributed by atoms with E-state index in [1.54, 1.807) is 11.3 Å². The molecular weight excluding hydrogens is 607 g/mol. The van der Waals surface area contributed by atoms with E-state index in [0.29, 0.717) is 17.5 Å². The molecule has 4 aromatic heterocycles. The van der Waals surface area contributed by atoms with Gasteiger partial charge in [-0.3, -0.25) is 4.40 Å². The van der Waals surface area contributed by atoms with E-state index in [1.165, 1.54) is 15.6 Å². The lowest BCUT2D eigenvalue weighted by atomic mass is 9.88. The topological polar surface area (TPSA) is 56.0 Å². The predicted octanol–water partition coefficient (Wildman–Crippen LogP) is 10.9. The normalized spacial score (nSPS) is 11.8. The van der Waals surface area contributed by atoms with Crippen LogP contribution in [0.15, 0.2) is 152 Å². The van der Waals surface area contributed by atoms with Crippen molar-refractivity contribution in [2.24, 2.45) is 0 Å². The number of nitrogens with zero attached hydrogens (tertiary/aromatic N) is 5. The summed E-state index contributed by atoms with van der Waals surface area (Å²) in [5.41, 5.74) is 7.20. The monoisotopic (exact) mass is 631 g/mol. The molecule has 0 saturated heterocycles. The van der Waals surface area contributed by atoms with Gasteiger partial charge in [-0.05, 0) is 50.9 Å². The lowest BCUT2D eigenvalue weighted by Gasteiger charge is -2.17. The van der Waals surface area contributed by atoms with Gasteiger partial charge in [0.15, 0.2) is 17.5 Å². The molecule has 0 atom stereocenters. The third-order valence-electron chi connectivity index (χ3n) is 9.07. The molecule has 0 aliphatic rings. The summed E-state index contributed by atoms with van der Waals surface area (Å²) < 4.78 is 3.49. The van der Waals surface area contributed by atoms with Crippen LogP contribution in [0.25, 0.3) is 92.9 Å². The Morgan fingerprint density at radius 1 is 0.396 bits per heavy atom. The Morgan fingerprint density at radius 2 is 0.896 bits per heavy atom. The second kappa shape index (κ2) is 10.7. The maximum absolute atomic E-state index is 5.16. The van der Waals surface area contributed by atoms with E-state index in [4.69, 9.17) is 19.9 Å². The highest BCUT2D eigenvalue weighted by molar-refractivity contribution is 7.25. The predicted molar refractivity (Wildman–Crippen MR) is 198 cm³/mol.